The second kappa shape index (κ2) is 16.9. The van der Waals surface area contributed by atoms with Crippen molar-refractivity contribution in [2.75, 3.05) is 35.7 Å². The quantitative estimate of drug-likeness (QED) is 0.141. The van der Waals surface area contributed by atoms with E-state index in [1.165, 1.54) is 48.4 Å². The van der Waals surface area contributed by atoms with Crippen molar-refractivity contribution in [1.29, 1.82) is 0 Å². The molecule has 0 unspecified atom stereocenters. The van der Waals surface area contributed by atoms with Gasteiger partial charge in [0.25, 0.3) is 12.4 Å². The number of hydrogen-bond donors (Lipinski definition) is 2. The fourth-order valence-corrected chi connectivity index (χ4v) is 7.26. The van der Waals surface area contributed by atoms with Crippen LogP contribution in [0.2, 0.25) is 0 Å². The van der Waals surface area contributed by atoms with Gasteiger partial charge in [0, 0.05) is 32.1 Å². The van der Waals surface area contributed by atoms with Crippen molar-refractivity contribution in [3.63, 3.8) is 0 Å². The van der Waals surface area contributed by atoms with Gasteiger partial charge in [0.1, 0.15) is 11.9 Å². The molecule has 2 amide bonds. The number of carbonyl (C=O) groups excluding carboxylic acids is 3. The van der Waals surface area contributed by atoms with Crippen LogP contribution in [0.15, 0.2) is 97.1 Å². The zero-order valence-corrected chi connectivity index (χ0v) is 29.8. The normalized spacial score (nSPS) is 14.4. The molecule has 1 fully saturated rings. The molecule has 0 saturated carbocycles. The molecule has 2 atom stereocenters. The summed E-state index contributed by atoms with van der Waals surface area (Å²) < 4.78 is 78.6. The maximum atomic E-state index is 14.4. The Morgan fingerprint density at radius 1 is 0.981 bits per heavy atom. The summed E-state index contributed by atoms with van der Waals surface area (Å²) in [5.74, 6) is -0.596. The van der Waals surface area contributed by atoms with E-state index in [4.69, 9.17) is 9.47 Å². The minimum Gasteiger partial charge on any atom is -0.497 e. The standard InChI is InChI=1S/C38H39F3N4O7S/c1-51-30-15-7-14-29(22-30)45(53(2,49)50)33-17-8-16-31(36(33)44-19-9-18-35(44)47)37(48)43-32(21-26-10-4-3-5-11-26)34(52-25-46)24-42-23-27-12-6-13-28(20-27)38(39,40)41/h3-8,10-17,20,22,25,32,34,42H,9,18-19,21,23-24H2,1-2H3,(H,43,48)/t32-,34+/m0/s1. The number of sulfonamides is 1. The number of anilines is 3. The van der Waals surface area contributed by atoms with Crippen molar-refractivity contribution in [2.24, 2.45) is 0 Å². The number of para-hydroxylation sites is 1. The summed E-state index contributed by atoms with van der Waals surface area (Å²) in [5, 5.41) is 5.98. The lowest BCUT2D eigenvalue weighted by Gasteiger charge is -2.31. The predicted molar refractivity (Wildman–Crippen MR) is 193 cm³/mol. The average molecular weight is 753 g/mol. The largest absolute Gasteiger partial charge is 0.497 e. The van der Waals surface area contributed by atoms with Crippen LogP contribution in [0.3, 0.4) is 0 Å². The molecular weight excluding hydrogens is 714 g/mol. The molecule has 2 N–H and O–H groups in total. The van der Waals surface area contributed by atoms with Gasteiger partial charge in [-0.15, -0.1) is 0 Å². The summed E-state index contributed by atoms with van der Waals surface area (Å²) in [4.78, 5) is 40.8. The number of carbonyl (C=O) groups is 3. The predicted octanol–water partition coefficient (Wildman–Crippen LogP) is 5.61. The van der Waals surface area contributed by atoms with Crippen LogP contribution in [0.1, 0.15) is 39.9 Å². The minimum absolute atomic E-state index is 0.00348. The molecule has 0 bridgehead atoms. The Hall–Kier alpha value is -5.41. The Balaban J connectivity index is 1.52. The third kappa shape index (κ3) is 9.73. The Morgan fingerprint density at radius 3 is 2.36 bits per heavy atom. The summed E-state index contributed by atoms with van der Waals surface area (Å²) in [7, 11) is -2.62. The van der Waals surface area contributed by atoms with E-state index >= 15 is 0 Å². The molecule has 53 heavy (non-hydrogen) atoms. The second-order valence-corrected chi connectivity index (χ2v) is 14.3. The van der Waals surface area contributed by atoms with Gasteiger partial charge in [-0.1, -0.05) is 60.7 Å². The van der Waals surface area contributed by atoms with Gasteiger partial charge in [-0.2, -0.15) is 13.2 Å². The zero-order valence-electron chi connectivity index (χ0n) is 29.0. The van der Waals surface area contributed by atoms with Gasteiger partial charge in [0.15, 0.2) is 0 Å². The van der Waals surface area contributed by atoms with Gasteiger partial charge in [-0.3, -0.25) is 14.4 Å². The first kappa shape index (κ1) is 38.8. The first-order chi connectivity index (χ1) is 25.3. The molecule has 1 saturated heterocycles. The third-order valence-corrected chi connectivity index (χ3v) is 9.73. The molecule has 4 aromatic carbocycles. The summed E-state index contributed by atoms with van der Waals surface area (Å²) >= 11 is 0. The van der Waals surface area contributed by atoms with Crippen molar-refractivity contribution in [2.45, 2.75) is 44.1 Å². The van der Waals surface area contributed by atoms with Crippen LogP contribution in [0.4, 0.5) is 30.2 Å². The van der Waals surface area contributed by atoms with Crippen molar-refractivity contribution >= 4 is 45.4 Å². The van der Waals surface area contributed by atoms with E-state index in [9.17, 15) is 36.0 Å². The SMILES string of the molecule is COc1cccc(N(c2cccc(C(=O)N[C@@H](Cc3ccccc3)[C@@H](CNCc3cccc(C(F)(F)F)c3)OC=O)c2N2CCCC2=O)S(C)(=O)=O)c1. The lowest BCUT2D eigenvalue weighted by Crippen LogP contribution is -2.50. The fraction of sp³-hybridized carbons (Fsp3) is 0.289. The molecule has 280 valence electrons. The molecule has 1 heterocycles. The van der Waals surface area contributed by atoms with Crippen molar-refractivity contribution in [3.8, 4) is 5.75 Å². The molecule has 1 aliphatic heterocycles. The van der Waals surface area contributed by atoms with Crippen molar-refractivity contribution in [1.82, 2.24) is 10.6 Å². The molecule has 1 aliphatic rings. The first-order valence-corrected chi connectivity index (χ1v) is 18.5. The highest BCUT2D eigenvalue weighted by Gasteiger charge is 2.35. The molecule has 15 heteroatoms. The number of nitrogens with zero attached hydrogens (tertiary/aromatic N) is 2. The van der Waals surface area contributed by atoms with Crippen LogP contribution in [-0.2, 0) is 43.5 Å². The fourth-order valence-electron chi connectivity index (χ4n) is 6.26. The molecule has 4 aromatic rings. The number of amides is 2. The summed E-state index contributed by atoms with van der Waals surface area (Å²) in [6, 6.07) is 23.8. The van der Waals surface area contributed by atoms with E-state index in [1.54, 1.807) is 30.3 Å². The van der Waals surface area contributed by atoms with Crippen LogP contribution in [0.25, 0.3) is 0 Å². The average Bonchev–Trinajstić information content (AvgIpc) is 3.55. The molecule has 0 aromatic heterocycles. The second-order valence-electron chi connectivity index (χ2n) is 12.4. The molecular formula is C38H39F3N4O7S. The number of ether oxygens (including phenoxy) is 2. The van der Waals surface area contributed by atoms with E-state index in [1.807, 2.05) is 18.2 Å². The Morgan fingerprint density at radius 2 is 1.70 bits per heavy atom. The van der Waals surface area contributed by atoms with Gasteiger partial charge >= 0.3 is 6.18 Å². The molecule has 0 spiro atoms. The van der Waals surface area contributed by atoms with Gasteiger partial charge in [0.05, 0.1) is 47.6 Å². The first-order valence-electron chi connectivity index (χ1n) is 16.7. The van der Waals surface area contributed by atoms with Gasteiger partial charge < -0.3 is 25.0 Å². The maximum absolute atomic E-state index is 14.4. The van der Waals surface area contributed by atoms with E-state index < -0.39 is 39.8 Å². The number of alkyl halides is 3. The minimum atomic E-state index is -4.52. The zero-order chi connectivity index (χ0) is 38.2. The monoisotopic (exact) mass is 752 g/mol. The van der Waals surface area contributed by atoms with E-state index in [2.05, 4.69) is 10.6 Å². The van der Waals surface area contributed by atoms with Crippen LogP contribution < -0.4 is 24.6 Å². The number of benzene rings is 4. The number of nitrogens with one attached hydrogen (secondary N) is 2. The van der Waals surface area contributed by atoms with Gasteiger partial charge in [-0.25, -0.2) is 12.7 Å². The lowest BCUT2D eigenvalue weighted by atomic mass is 9.99. The molecule has 0 radical (unpaired) electrons. The highest BCUT2D eigenvalue weighted by atomic mass is 32.2. The van der Waals surface area contributed by atoms with Crippen LogP contribution in [0.5, 0.6) is 5.75 Å². The molecule has 11 nitrogen and oxygen atoms in total. The molecule has 5 rings (SSSR count). The van der Waals surface area contributed by atoms with Crippen LogP contribution >= 0.6 is 0 Å². The highest BCUT2D eigenvalue weighted by Crippen LogP contribution is 2.41. The topological polar surface area (TPSA) is 134 Å². The van der Waals surface area contributed by atoms with Gasteiger partial charge in [-0.05, 0) is 54.3 Å². The smallest absolute Gasteiger partial charge is 0.416 e. The van der Waals surface area contributed by atoms with E-state index in [0.717, 1.165) is 28.3 Å². The van der Waals surface area contributed by atoms with E-state index in [-0.39, 0.29) is 67.5 Å². The maximum Gasteiger partial charge on any atom is 0.416 e. The Bertz CT molecular complexity index is 2030. The number of rotatable bonds is 16. The van der Waals surface area contributed by atoms with Crippen molar-refractivity contribution in [3.05, 3.63) is 119 Å². The van der Waals surface area contributed by atoms with Crippen LogP contribution in [-0.4, -0.2) is 65.3 Å². The van der Waals surface area contributed by atoms with Crippen LogP contribution in [0, 0.1) is 0 Å². The Kier molecular flexibility index (Phi) is 12.4. The third-order valence-electron chi connectivity index (χ3n) is 8.66. The highest BCUT2D eigenvalue weighted by molar-refractivity contribution is 7.92. The van der Waals surface area contributed by atoms with Gasteiger partial charge in [0.2, 0.25) is 15.9 Å². The summed E-state index contributed by atoms with van der Waals surface area (Å²) in [5.41, 5.74) is 0.667. The number of hydrogen-bond acceptors (Lipinski definition) is 8. The number of methoxy groups -OCH3 is 1. The summed E-state index contributed by atoms with van der Waals surface area (Å²) in [6.45, 7) is 0.412. The Labute approximate surface area is 305 Å². The van der Waals surface area contributed by atoms with E-state index in [0.29, 0.717) is 17.7 Å². The molecule has 0 aliphatic carbocycles. The number of halogens is 3. The lowest BCUT2D eigenvalue weighted by molar-refractivity contribution is -0.137. The summed E-state index contributed by atoms with van der Waals surface area (Å²) in [6.07, 6.45) is -3.67. The van der Waals surface area contributed by atoms with Crippen molar-refractivity contribution < 1.29 is 45.4 Å².